The first-order valence-corrected chi connectivity index (χ1v) is 5.15. The summed E-state index contributed by atoms with van der Waals surface area (Å²) in [7, 11) is 0. The SMILES string of the molecule is Cc1ccc(C)c([C@H](N)C(C)(C)C)c1.Cl. The van der Waals surface area contributed by atoms with Crippen LogP contribution in [0.5, 0.6) is 0 Å². The van der Waals surface area contributed by atoms with Crippen LogP contribution in [0.2, 0.25) is 0 Å². The van der Waals surface area contributed by atoms with Crippen LogP contribution in [0.1, 0.15) is 43.5 Å². The Kier molecular flexibility index (Phi) is 4.82. The van der Waals surface area contributed by atoms with E-state index in [0.29, 0.717) is 0 Å². The van der Waals surface area contributed by atoms with Gasteiger partial charge in [0, 0.05) is 6.04 Å². The molecular weight excluding hydrogens is 206 g/mol. The first kappa shape index (κ1) is 14.5. The smallest absolute Gasteiger partial charge is 0.0346 e. The Balaban J connectivity index is 0.00000196. The summed E-state index contributed by atoms with van der Waals surface area (Å²) in [5.41, 5.74) is 10.2. The lowest BCUT2D eigenvalue weighted by Crippen LogP contribution is -2.27. The highest BCUT2D eigenvalue weighted by Gasteiger charge is 2.23. The van der Waals surface area contributed by atoms with Crippen molar-refractivity contribution in [1.29, 1.82) is 0 Å². The van der Waals surface area contributed by atoms with Crippen molar-refractivity contribution in [2.45, 2.75) is 40.7 Å². The van der Waals surface area contributed by atoms with Crippen LogP contribution >= 0.6 is 12.4 Å². The number of aryl methyl sites for hydroxylation is 2. The summed E-state index contributed by atoms with van der Waals surface area (Å²) in [5, 5.41) is 0. The molecule has 0 radical (unpaired) electrons. The fourth-order valence-corrected chi connectivity index (χ4v) is 1.56. The molecule has 0 fully saturated rings. The van der Waals surface area contributed by atoms with Crippen LogP contribution in [0.3, 0.4) is 0 Å². The van der Waals surface area contributed by atoms with E-state index in [1.807, 2.05) is 0 Å². The van der Waals surface area contributed by atoms with Gasteiger partial charge in [-0.25, -0.2) is 0 Å². The third kappa shape index (κ3) is 3.51. The van der Waals surface area contributed by atoms with Crippen molar-refractivity contribution in [2.24, 2.45) is 11.1 Å². The predicted octanol–water partition coefficient (Wildman–Crippen LogP) is 3.77. The average Bonchev–Trinajstić information content (AvgIpc) is 2.06. The number of halogens is 1. The second-order valence-electron chi connectivity index (χ2n) is 5.20. The highest BCUT2D eigenvalue weighted by atomic mass is 35.5. The Bertz CT molecular complexity index is 326. The van der Waals surface area contributed by atoms with Crippen molar-refractivity contribution in [3.05, 3.63) is 34.9 Å². The van der Waals surface area contributed by atoms with E-state index in [1.165, 1.54) is 16.7 Å². The van der Waals surface area contributed by atoms with E-state index in [9.17, 15) is 0 Å². The molecule has 0 saturated heterocycles. The highest BCUT2D eigenvalue weighted by molar-refractivity contribution is 5.85. The molecule has 1 aromatic carbocycles. The zero-order chi connectivity index (χ0) is 10.9. The topological polar surface area (TPSA) is 26.0 Å². The summed E-state index contributed by atoms with van der Waals surface area (Å²) in [6, 6.07) is 6.60. The van der Waals surface area contributed by atoms with Crippen LogP contribution < -0.4 is 5.73 Å². The molecule has 0 aromatic heterocycles. The molecule has 0 saturated carbocycles. The molecule has 0 aliphatic rings. The largest absolute Gasteiger partial charge is 0.324 e. The molecule has 1 aromatic rings. The average molecular weight is 228 g/mol. The molecule has 0 unspecified atom stereocenters. The van der Waals surface area contributed by atoms with Gasteiger partial charge in [0.2, 0.25) is 0 Å². The van der Waals surface area contributed by atoms with Crippen LogP contribution in [0.15, 0.2) is 18.2 Å². The Morgan fingerprint density at radius 1 is 1.13 bits per heavy atom. The third-order valence-electron chi connectivity index (χ3n) is 2.70. The zero-order valence-electron chi connectivity index (χ0n) is 10.3. The standard InChI is InChI=1S/C13H21N.ClH/c1-9-6-7-10(2)11(8-9)12(14)13(3,4)5;/h6-8,12H,14H2,1-5H3;1H/t12-;/m0./s1. The van der Waals surface area contributed by atoms with E-state index in [-0.39, 0.29) is 23.9 Å². The van der Waals surface area contributed by atoms with Gasteiger partial charge >= 0.3 is 0 Å². The molecule has 86 valence electrons. The zero-order valence-corrected chi connectivity index (χ0v) is 11.1. The monoisotopic (exact) mass is 227 g/mol. The van der Waals surface area contributed by atoms with Crippen molar-refractivity contribution in [3.63, 3.8) is 0 Å². The Morgan fingerprint density at radius 3 is 2.13 bits per heavy atom. The minimum Gasteiger partial charge on any atom is -0.324 e. The van der Waals surface area contributed by atoms with E-state index >= 15 is 0 Å². The summed E-state index contributed by atoms with van der Waals surface area (Å²) in [6.07, 6.45) is 0. The molecule has 1 atom stereocenters. The molecule has 0 heterocycles. The van der Waals surface area contributed by atoms with Gasteiger partial charge in [-0.2, -0.15) is 0 Å². The fourth-order valence-electron chi connectivity index (χ4n) is 1.56. The third-order valence-corrected chi connectivity index (χ3v) is 2.70. The molecule has 2 heteroatoms. The second kappa shape index (κ2) is 5.00. The Morgan fingerprint density at radius 2 is 1.67 bits per heavy atom. The second-order valence-corrected chi connectivity index (χ2v) is 5.20. The van der Waals surface area contributed by atoms with Crippen molar-refractivity contribution >= 4 is 12.4 Å². The highest BCUT2D eigenvalue weighted by Crippen LogP contribution is 2.32. The summed E-state index contributed by atoms with van der Waals surface area (Å²) in [4.78, 5) is 0. The van der Waals surface area contributed by atoms with Crippen LogP contribution in [-0.4, -0.2) is 0 Å². The van der Waals surface area contributed by atoms with Crippen molar-refractivity contribution < 1.29 is 0 Å². The van der Waals surface area contributed by atoms with Gasteiger partial charge in [-0.05, 0) is 30.4 Å². The van der Waals surface area contributed by atoms with Crippen LogP contribution in [0, 0.1) is 19.3 Å². The number of benzene rings is 1. The molecule has 0 amide bonds. The van der Waals surface area contributed by atoms with E-state index < -0.39 is 0 Å². The van der Waals surface area contributed by atoms with E-state index in [4.69, 9.17) is 5.73 Å². The molecule has 15 heavy (non-hydrogen) atoms. The van der Waals surface area contributed by atoms with Crippen molar-refractivity contribution in [2.75, 3.05) is 0 Å². The quantitative estimate of drug-likeness (QED) is 0.777. The summed E-state index contributed by atoms with van der Waals surface area (Å²) in [5.74, 6) is 0. The molecule has 0 aliphatic heterocycles. The molecule has 2 N–H and O–H groups in total. The molecule has 0 aliphatic carbocycles. The molecule has 0 spiro atoms. The fraction of sp³-hybridized carbons (Fsp3) is 0.538. The predicted molar refractivity (Wildman–Crippen MR) is 69.5 cm³/mol. The van der Waals surface area contributed by atoms with Gasteiger partial charge in [0.25, 0.3) is 0 Å². The molecule has 0 bridgehead atoms. The van der Waals surface area contributed by atoms with Crippen LogP contribution in [0.4, 0.5) is 0 Å². The lowest BCUT2D eigenvalue weighted by Gasteiger charge is -2.28. The van der Waals surface area contributed by atoms with Gasteiger partial charge in [0.05, 0.1) is 0 Å². The van der Waals surface area contributed by atoms with E-state index in [2.05, 4.69) is 52.8 Å². The van der Waals surface area contributed by atoms with Crippen LogP contribution in [0.25, 0.3) is 0 Å². The van der Waals surface area contributed by atoms with Gasteiger partial charge in [-0.3, -0.25) is 0 Å². The molecular formula is C13H22ClN. The maximum Gasteiger partial charge on any atom is 0.0346 e. The normalized spacial score (nSPS) is 13.2. The van der Waals surface area contributed by atoms with Gasteiger partial charge in [-0.15, -0.1) is 12.4 Å². The lowest BCUT2D eigenvalue weighted by molar-refractivity contribution is 0.326. The number of nitrogens with two attached hydrogens (primary N) is 1. The first-order valence-electron chi connectivity index (χ1n) is 5.15. The first-order chi connectivity index (χ1) is 6.32. The number of rotatable bonds is 1. The number of hydrogen-bond donors (Lipinski definition) is 1. The van der Waals surface area contributed by atoms with E-state index in [0.717, 1.165) is 0 Å². The minimum atomic E-state index is 0. The Hall–Kier alpha value is -0.530. The lowest BCUT2D eigenvalue weighted by atomic mass is 9.81. The molecule has 1 nitrogen and oxygen atoms in total. The van der Waals surface area contributed by atoms with E-state index in [1.54, 1.807) is 0 Å². The van der Waals surface area contributed by atoms with Crippen molar-refractivity contribution in [3.8, 4) is 0 Å². The van der Waals surface area contributed by atoms with Gasteiger partial charge in [-0.1, -0.05) is 44.5 Å². The minimum absolute atomic E-state index is 0. The van der Waals surface area contributed by atoms with Gasteiger partial charge in [0.1, 0.15) is 0 Å². The number of hydrogen-bond acceptors (Lipinski definition) is 1. The summed E-state index contributed by atoms with van der Waals surface area (Å²) < 4.78 is 0. The van der Waals surface area contributed by atoms with Crippen LogP contribution in [-0.2, 0) is 0 Å². The Labute approximate surface area is 99.5 Å². The van der Waals surface area contributed by atoms with Gasteiger partial charge in [0.15, 0.2) is 0 Å². The van der Waals surface area contributed by atoms with Crippen molar-refractivity contribution in [1.82, 2.24) is 0 Å². The summed E-state index contributed by atoms with van der Waals surface area (Å²) in [6.45, 7) is 10.8. The maximum absolute atomic E-state index is 6.24. The molecule has 1 rings (SSSR count). The van der Waals surface area contributed by atoms with Gasteiger partial charge < -0.3 is 5.73 Å². The summed E-state index contributed by atoms with van der Waals surface area (Å²) >= 11 is 0. The maximum atomic E-state index is 6.24.